The number of amides is 2. The Morgan fingerprint density at radius 1 is 1.14 bits per heavy atom. The van der Waals surface area contributed by atoms with Gasteiger partial charge in [0.2, 0.25) is 0 Å². The number of nitrogens with one attached hydrogen (secondary N) is 1. The molecule has 0 saturated carbocycles. The number of carbonyl (C=O) groups is 2. The minimum Gasteiger partial charge on any atom is -0.480 e. The predicted octanol–water partition coefficient (Wildman–Crippen LogP) is 1.37. The third kappa shape index (κ3) is 4.09. The molecule has 6 nitrogen and oxygen atoms in total. The molecule has 0 aliphatic carbocycles. The molecule has 2 atom stereocenters. The van der Waals surface area contributed by atoms with Crippen LogP contribution >= 0.6 is 0 Å². The van der Waals surface area contributed by atoms with Crippen molar-refractivity contribution >= 4 is 12.0 Å². The zero-order valence-electron chi connectivity index (χ0n) is 13.0. The number of piperidine rings is 1. The molecule has 6 heteroatoms. The molecule has 0 radical (unpaired) electrons. The maximum Gasteiger partial charge on any atom is 0.326 e. The fraction of sp³-hybridized carbons (Fsp3) is 0.867. The van der Waals surface area contributed by atoms with Crippen molar-refractivity contribution in [1.82, 2.24) is 15.1 Å². The molecule has 2 aliphatic heterocycles. The lowest BCUT2D eigenvalue weighted by atomic mass is 10.1. The van der Waals surface area contributed by atoms with E-state index in [2.05, 4.69) is 10.2 Å². The van der Waals surface area contributed by atoms with Crippen molar-refractivity contribution in [1.29, 1.82) is 0 Å². The molecule has 2 aliphatic rings. The number of likely N-dealkylation sites (tertiary alicyclic amines) is 2. The summed E-state index contributed by atoms with van der Waals surface area (Å²) in [4.78, 5) is 27.6. The topological polar surface area (TPSA) is 72.9 Å². The van der Waals surface area contributed by atoms with Gasteiger partial charge >= 0.3 is 12.0 Å². The van der Waals surface area contributed by atoms with Gasteiger partial charge in [-0.25, -0.2) is 9.59 Å². The number of carbonyl (C=O) groups excluding carboxylic acids is 1. The molecular formula is C15H27N3O3. The fourth-order valence-corrected chi connectivity index (χ4v) is 3.25. The van der Waals surface area contributed by atoms with E-state index in [9.17, 15) is 9.59 Å². The molecule has 2 saturated heterocycles. The highest BCUT2D eigenvalue weighted by Crippen LogP contribution is 2.20. The summed E-state index contributed by atoms with van der Waals surface area (Å²) in [5.41, 5.74) is 0. The Kier molecular flexibility index (Phi) is 5.45. The first kappa shape index (κ1) is 16.1. The van der Waals surface area contributed by atoms with Crippen LogP contribution in [0.25, 0.3) is 0 Å². The minimum atomic E-state index is -0.967. The van der Waals surface area contributed by atoms with E-state index >= 15 is 0 Å². The zero-order chi connectivity index (χ0) is 15.4. The predicted molar refractivity (Wildman–Crippen MR) is 80.2 cm³/mol. The number of rotatable bonds is 4. The van der Waals surface area contributed by atoms with Crippen LogP contribution < -0.4 is 5.32 Å². The van der Waals surface area contributed by atoms with Crippen LogP contribution in [0.1, 0.15) is 39.5 Å². The van der Waals surface area contributed by atoms with Crippen molar-refractivity contribution in [3.63, 3.8) is 0 Å². The monoisotopic (exact) mass is 297 g/mol. The van der Waals surface area contributed by atoms with Gasteiger partial charge in [-0.1, -0.05) is 20.3 Å². The van der Waals surface area contributed by atoms with Crippen LogP contribution in [0.3, 0.4) is 0 Å². The van der Waals surface area contributed by atoms with Crippen molar-refractivity contribution in [3.8, 4) is 0 Å². The summed E-state index contributed by atoms with van der Waals surface area (Å²) in [6, 6.07) is -0.611. The molecule has 0 spiro atoms. The van der Waals surface area contributed by atoms with Crippen LogP contribution in [0, 0.1) is 5.92 Å². The summed E-state index contributed by atoms with van der Waals surface area (Å²) in [5, 5.41) is 11.8. The summed E-state index contributed by atoms with van der Waals surface area (Å²) in [6.07, 6.45) is 4.79. The van der Waals surface area contributed by atoms with Crippen LogP contribution in [-0.4, -0.2) is 65.2 Å². The SMILES string of the molecule is CC(C)C(NC(=O)N1CCC(N2CCCCC2)C1)C(=O)O. The maximum absolute atomic E-state index is 12.2. The molecular weight excluding hydrogens is 270 g/mol. The number of carboxylic acids is 1. The summed E-state index contributed by atoms with van der Waals surface area (Å²) >= 11 is 0. The van der Waals surface area contributed by atoms with Crippen LogP contribution in [0.2, 0.25) is 0 Å². The number of carboxylic acid groups (broad SMARTS) is 1. The molecule has 120 valence electrons. The zero-order valence-corrected chi connectivity index (χ0v) is 13.0. The van der Waals surface area contributed by atoms with E-state index in [1.807, 2.05) is 0 Å². The van der Waals surface area contributed by atoms with Crippen molar-refractivity contribution in [2.45, 2.75) is 51.6 Å². The quantitative estimate of drug-likeness (QED) is 0.822. The first-order chi connectivity index (χ1) is 9.99. The minimum absolute atomic E-state index is 0.119. The summed E-state index contributed by atoms with van der Waals surface area (Å²) < 4.78 is 0. The maximum atomic E-state index is 12.2. The van der Waals surface area contributed by atoms with Crippen molar-refractivity contribution in [2.75, 3.05) is 26.2 Å². The van der Waals surface area contributed by atoms with Gasteiger partial charge < -0.3 is 15.3 Å². The molecule has 0 bridgehead atoms. The van der Waals surface area contributed by atoms with Gasteiger partial charge in [0.05, 0.1) is 0 Å². The highest BCUT2D eigenvalue weighted by molar-refractivity contribution is 5.82. The number of hydrogen-bond acceptors (Lipinski definition) is 3. The van der Waals surface area contributed by atoms with E-state index in [1.165, 1.54) is 19.3 Å². The summed E-state index contributed by atoms with van der Waals surface area (Å²) in [6.45, 7) is 7.31. The largest absolute Gasteiger partial charge is 0.480 e. The van der Waals surface area contributed by atoms with Gasteiger partial charge in [-0.15, -0.1) is 0 Å². The summed E-state index contributed by atoms with van der Waals surface area (Å²) in [5.74, 6) is -1.09. The highest BCUT2D eigenvalue weighted by atomic mass is 16.4. The van der Waals surface area contributed by atoms with Gasteiger partial charge in [-0.3, -0.25) is 4.90 Å². The third-order valence-electron chi connectivity index (χ3n) is 4.57. The second-order valence-corrected chi connectivity index (χ2v) is 6.49. The molecule has 0 aromatic rings. The van der Waals surface area contributed by atoms with E-state index in [0.29, 0.717) is 6.04 Å². The standard InChI is InChI=1S/C15H27N3O3/c1-11(2)13(14(19)20)16-15(21)18-9-6-12(10-18)17-7-4-3-5-8-17/h11-13H,3-10H2,1-2H3,(H,16,21)(H,19,20). The molecule has 0 aromatic heterocycles. The molecule has 2 rings (SSSR count). The Bertz CT molecular complexity index is 380. The Labute approximate surface area is 126 Å². The molecule has 0 aromatic carbocycles. The van der Waals surface area contributed by atoms with Crippen molar-refractivity contribution in [3.05, 3.63) is 0 Å². The van der Waals surface area contributed by atoms with E-state index < -0.39 is 12.0 Å². The Morgan fingerprint density at radius 3 is 2.38 bits per heavy atom. The number of aliphatic carboxylic acids is 1. The third-order valence-corrected chi connectivity index (χ3v) is 4.57. The number of urea groups is 1. The van der Waals surface area contributed by atoms with Crippen LogP contribution in [0.15, 0.2) is 0 Å². The molecule has 21 heavy (non-hydrogen) atoms. The Hall–Kier alpha value is -1.30. The lowest BCUT2D eigenvalue weighted by Crippen LogP contribution is -2.50. The van der Waals surface area contributed by atoms with Crippen LogP contribution in [0.4, 0.5) is 4.79 Å². The average Bonchev–Trinajstić information content (AvgIpc) is 2.94. The van der Waals surface area contributed by atoms with Gasteiger partial charge in [0, 0.05) is 19.1 Å². The lowest BCUT2D eigenvalue weighted by molar-refractivity contribution is -0.140. The van der Waals surface area contributed by atoms with Crippen molar-refractivity contribution in [2.24, 2.45) is 5.92 Å². The first-order valence-electron chi connectivity index (χ1n) is 8.01. The van der Waals surface area contributed by atoms with Gasteiger partial charge in [-0.2, -0.15) is 0 Å². The Morgan fingerprint density at radius 2 is 1.81 bits per heavy atom. The van der Waals surface area contributed by atoms with Gasteiger partial charge in [0.1, 0.15) is 6.04 Å². The normalized spacial score (nSPS) is 25.1. The smallest absolute Gasteiger partial charge is 0.326 e. The molecule has 2 fully saturated rings. The van der Waals surface area contributed by atoms with Gasteiger partial charge in [0.15, 0.2) is 0 Å². The molecule has 2 unspecified atom stereocenters. The fourth-order valence-electron chi connectivity index (χ4n) is 3.25. The number of nitrogens with zero attached hydrogens (tertiary/aromatic N) is 2. The number of hydrogen-bond donors (Lipinski definition) is 2. The second kappa shape index (κ2) is 7.11. The first-order valence-corrected chi connectivity index (χ1v) is 8.01. The lowest BCUT2D eigenvalue weighted by Gasteiger charge is -2.32. The van der Waals surface area contributed by atoms with E-state index in [0.717, 1.165) is 32.6 Å². The van der Waals surface area contributed by atoms with Gasteiger partial charge in [0.25, 0.3) is 0 Å². The van der Waals surface area contributed by atoms with E-state index in [4.69, 9.17) is 5.11 Å². The van der Waals surface area contributed by atoms with E-state index in [-0.39, 0.29) is 11.9 Å². The summed E-state index contributed by atoms with van der Waals surface area (Å²) in [7, 11) is 0. The van der Waals surface area contributed by atoms with Gasteiger partial charge in [-0.05, 0) is 38.3 Å². The molecule has 2 heterocycles. The second-order valence-electron chi connectivity index (χ2n) is 6.49. The molecule has 2 N–H and O–H groups in total. The van der Waals surface area contributed by atoms with Crippen molar-refractivity contribution < 1.29 is 14.7 Å². The van der Waals surface area contributed by atoms with Crippen LogP contribution in [-0.2, 0) is 4.79 Å². The van der Waals surface area contributed by atoms with E-state index in [1.54, 1.807) is 18.7 Å². The van der Waals surface area contributed by atoms with Crippen LogP contribution in [0.5, 0.6) is 0 Å². The average molecular weight is 297 g/mol. The Balaban J connectivity index is 1.85. The molecule has 2 amide bonds. The highest BCUT2D eigenvalue weighted by Gasteiger charge is 2.33.